The van der Waals surface area contributed by atoms with Gasteiger partial charge in [-0.2, -0.15) is 0 Å². The summed E-state index contributed by atoms with van der Waals surface area (Å²) >= 11 is 0. The summed E-state index contributed by atoms with van der Waals surface area (Å²) in [5.41, 5.74) is 4.63. The number of hydrogen-bond donors (Lipinski definition) is 2. The summed E-state index contributed by atoms with van der Waals surface area (Å²) in [5, 5.41) is 8.63. The highest BCUT2D eigenvalue weighted by Crippen LogP contribution is 2.44. The van der Waals surface area contributed by atoms with Crippen LogP contribution < -0.4 is 5.73 Å². The lowest BCUT2D eigenvalue weighted by molar-refractivity contribution is -0.140. The molecule has 1 fully saturated rings. The van der Waals surface area contributed by atoms with Crippen LogP contribution in [-0.2, 0) is 4.79 Å². The standard InChI is InChI=1S/C8H13NO2/c1-2-3-4-6-5-8(6,9)7(10)11/h2,6H,1,3-5,9H2,(H,10,11). The van der Waals surface area contributed by atoms with Crippen LogP contribution in [0.15, 0.2) is 12.7 Å². The maximum atomic E-state index is 10.5. The molecule has 3 N–H and O–H groups in total. The lowest BCUT2D eigenvalue weighted by Gasteiger charge is -2.02. The second-order valence-corrected chi connectivity index (χ2v) is 3.11. The summed E-state index contributed by atoms with van der Waals surface area (Å²) in [4.78, 5) is 10.5. The van der Waals surface area contributed by atoms with Gasteiger partial charge in [-0.15, -0.1) is 6.58 Å². The molecule has 62 valence electrons. The molecule has 3 nitrogen and oxygen atoms in total. The predicted molar refractivity (Wildman–Crippen MR) is 42.1 cm³/mol. The van der Waals surface area contributed by atoms with E-state index in [1.165, 1.54) is 0 Å². The molecule has 0 aliphatic heterocycles. The number of hydrogen-bond acceptors (Lipinski definition) is 2. The molecule has 3 heteroatoms. The van der Waals surface area contributed by atoms with Crippen molar-refractivity contribution < 1.29 is 9.90 Å². The summed E-state index contributed by atoms with van der Waals surface area (Å²) in [7, 11) is 0. The van der Waals surface area contributed by atoms with Gasteiger partial charge >= 0.3 is 5.97 Å². The highest BCUT2D eigenvalue weighted by Gasteiger charge is 2.56. The van der Waals surface area contributed by atoms with E-state index in [0.29, 0.717) is 6.42 Å². The normalized spacial score (nSPS) is 34.8. The van der Waals surface area contributed by atoms with E-state index in [4.69, 9.17) is 10.8 Å². The SMILES string of the molecule is C=CCCC1CC1(N)C(=O)O. The number of allylic oxidation sites excluding steroid dienone is 1. The maximum absolute atomic E-state index is 10.5. The van der Waals surface area contributed by atoms with Crippen molar-refractivity contribution in [3.8, 4) is 0 Å². The lowest BCUT2D eigenvalue weighted by atomic mass is 10.1. The van der Waals surface area contributed by atoms with E-state index in [1.807, 2.05) is 0 Å². The first-order chi connectivity index (χ1) is 5.11. The molecular formula is C8H13NO2. The second-order valence-electron chi connectivity index (χ2n) is 3.11. The molecule has 1 saturated carbocycles. The van der Waals surface area contributed by atoms with Gasteiger partial charge in [0.2, 0.25) is 0 Å². The van der Waals surface area contributed by atoms with Crippen molar-refractivity contribution in [2.45, 2.75) is 24.8 Å². The van der Waals surface area contributed by atoms with Gasteiger partial charge in [0.1, 0.15) is 5.54 Å². The third kappa shape index (κ3) is 1.43. The van der Waals surface area contributed by atoms with Crippen LogP contribution in [0.3, 0.4) is 0 Å². The van der Waals surface area contributed by atoms with Gasteiger partial charge in [-0.1, -0.05) is 6.08 Å². The number of aliphatic carboxylic acids is 1. The van der Waals surface area contributed by atoms with E-state index in [9.17, 15) is 4.79 Å². The summed E-state index contributed by atoms with van der Waals surface area (Å²) in [6.45, 7) is 3.56. The largest absolute Gasteiger partial charge is 0.480 e. The fourth-order valence-corrected chi connectivity index (χ4v) is 1.29. The molecule has 0 radical (unpaired) electrons. The van der Waals surface area contributed by atoms with Crippen molar-refractivity contribution in [2.24, 2.45) is 11.7 Å². The number of nitrogens with two attached hydrogens (primary N) is 1. The molecule has 1 aliphatic rings. The van der Waals surface area contributed by atoms with E-state index < -0.39 is 11.5 Å². The molecule has 0 aromatic heterocycles. The molecule has 2 atom stereocenters. The van der Waals surface area contributed by atoms with Gasteiger partial charge in [0.05, 0.1) is 0 Å². The molecular weight excluding hydrogens is 142 g/mol. The van der Waals surface area contributed by atoms with Crippen LogP contribution in [0.2, 0.25) is 0 Å². The van der Waals surface area contributed by atoms with E-state index in [2.05, 4.69) is 6.58 Å². The third-order valence-corrected chi connectivity index (χ3v) is 2.27. The molecule has 0 heterocycles. The Morgan fingerprint density at radius 2 is 2.55 bits per heavy atom. The summed E-state index contributed by atoms with van der Waals surface area (Å²) in [6.07, 6.45) is 4.12. The minimum atomic E-state index is -0.914. The zero-order valence-corrected chi connectivity index (χ0v) is 6.42. The predicted octanol–water partition coefficient (Wildman–Crippen LogP) is 0.755. The molecule has 1 aliphatic carbocycles. The summed E-state index contributed by atoms with van der Waals surface area (Å²) < 4.78 is 0. The molecule has 2 unspecified atom stereocenters. The fraction of sp³-hybridized carbons (Fsp3) is 0.625. The first-order valence-electron chi connectivity index (χ1n) is 3.74. The lowest BCUT2D eigenvalue weighted by Crippen LogP contribution is -2.35. The Morgan fingerprint density at radius 3 is 2.91 bits per heavy atom. The molecule has 0 saturated heterocycles. The number of carbonyl (C=O) groups is 1. The van der Waals surface area contributed by atoms with E-state index in [1.54, 1.807) is 6.08 Å². The minimum Gasteiger partial charge on any atom is -0.480 e. The molecule has 0 aromatic rings. The fourth-order valence-electron chi connectivity index (χ4n) is 1.29. The van der Waals surface area contributed by atoms with Crippen LogP contribution in [0, 0.1) is 5.92 Å². The average molecular weight is 155 g/mol. The molecule has 0 amide bonds. The molecule has 0 aromatic carbocycles. The zero-order valence-electron chi connectivity index (χ0n) is 6.42. The van der Waals surface area contributed by atoms with Gasteiger partial charge in [-0.05, 0) is 25.2 Å². The van der Waals surface area contributed by atoms with E-state index >= 15 is 0 Å². The van der Waals surface area contributed by atoms with Crippen molar-refractivity contribution in [1.82, 2.24) is 0 Å². The Kier molecular flexibility index (Phi) is 2.00. The van der Waals surface area contributed by atoms with Crippen molar-refractivity contribution in [2.75, 3.05) is 0 Å². The molecule has 0 spiro atoms. The Balaban J connectivity index is 2.34. The highest BCUT2D eigenvalue weighted by atomic mass is 16.4. The van der Waals surface area contributed by atoms with Crippen LogP contribution in [0.25, 0.3) is 0 Å². The Hall–Kier alpha value is -0.830. The average Bonchev–Trinajstić information content (AvgIpc) is 2.59. The molecule has 1 rings (SSSR count). The van der Waals surface area contributed by atoms with Crippen LogP contribution in [0.4, 0.5) is 0 Å². The first kappa shape index (κ1) is 8.27. The van der Waals surface area contributed by atoms with E-state index in [0.717, 1.165) is 12.8 Å². The van der Waals surface area contributed by atoms with Crippen molar-refractivity contribution in [1.29, 1.82) is 0 Å². The van der Waals surface area contributed by atoms with Crippen molar-refractivity contribution >= 4 is 5.97 Å². The van der Waals surface area contributed by atoms with Crippen molar-refractivity contribution in [3.05, 3.63) is 12.7 Å². The quantitative estimate of drug-likeness (QED) is 0.589. The van der Waals surface area contributed by atoms with Gasteiger partial charge in [-0.25, -0.2) is 0 Å². The monoisotopic (exact) mass is 155 g/mol. The van der Waals surface area contributed by atoms with E-state index in [-0.39, 0.29) is 5.92 Å². The van der Waals surface area contributed by atoms with Crippen molar-refractivity contribution in [3.63, 3.8) is 0 Å². The Morgan fingerprint density at radius 1 is 1.91 bits per heavy atom. The maximum Gasteiger partial charge on any atom is 0.323 e. The summed E-state index contributed by atoms with van der Waals surface area (Å²) in [6, 6.07) is 0. The molecule has 11 heavy (non-hydrogen) atoms. The number of rotatable bonds is 4. The molecule has 0 bridgehead atoms. The van der Waals surface area contributed by atoms with Crippen LogP contribution in [-0.4, -0.2) is 16.6 Å². The van der Waals surface area contributed by atoms with Gasteiger partial charge in [0, 0.05) is 0 Å². The third-order valence-electron chi connectivity index (χ3n) is 2.27. The second kappa shape index (κ2) is 2.66. The first-order valence-corrected chi connectivity index (χ1v) is 3.74. The highest BCUT2D eigenvalue weighted by molar-refractivity contribution is 5.82. The van der Waals surface area contributed by atoms with Crippen LogP contribution >= 0.6 is 0 Å². The van der Waals surface area contributed by atoms with Gasteiger partial charge in [-0.3, -0.25) is 4.79 Å². The van der Waals surface area contributed by atoms with Crippen LogP contribution in [0.1, 0.15) is 19.3 Å². The number of carboxylic acid groups (broad SMARTS) is 1. The van der Waals surface area contributed by atoms with Gasteiger partial charge in [0.25, 0.3) is 0 Å². The van der Waals surface area contributed by atoms with Gasteiger partial charge < -0.3 is 10.8 Å². The zero-order chi connectivity index (χ0) is 8.48. The Bertz CT molecular complexity index is 191. The topological polar surface area (TPSA) is 63.3 Å². The Labute approximate surface area is 65.9 Å². The van der Waals surface area contributed by atoms with Crippen LogP contribution in [0.5, 0.6) is 0 Å². The smallest absolute Gasteiger partial charge is 0.323 e. The number of carboxylic acids is 1. The summed E-state index contributed by atoms with van der Waals surface area (Å²) in [5.74, 6) is -0.704. The minimum absolute atomic E-state index is 0.165. The van der Waals surface area contributed by atoms with Gasteiger partial charge in [0.15, 0.2) is 0 Å².